The lowest BCUT2D eigenvalue weighted by Gasteiger charge is -2.23. The Hall–Kier alpha value is -2.82. The third kappa shape index (κ3) is 3.61. The van der Waals surface area contributed by atoms with E-state index in [0.717, 1.165) is 48.4 Å². The third-order valence-electron chi connectivity index (χ3n) is 5.86. The largest absolute Gasteiger partial charge is 0.332 e. The van der Waals surface area contributed by atoms with E-state index in [9.17, 15) is 4.79 Å². The van der Waals surface area contributed by atoms with Crippen LogP contribution in [0.15, 0.2) is 48.8 Å². The molecule has 3 aromatic rings. The number of hydrogen-bond acceptors (Lipinski definition) is 2. The van der Waals surface area contributed by atoms with Crippen molar-refractivity contribution >= 4 is 5.91 Å². The second kappa shape index (κ2) is 8.27. The van der Waals surface area contributed by atoms with Gasteiger partial charge in [0.15, 0.2) is 0 Å². The van der Waals surface area contributed by atoms with Crippen molar-refractivity contribution in [2.45, 2.75) is 59.5 Å². The van der Waals surface area contributed by atoms with Crippen LogP contribution in [-0.4, -0.2) is 25.2 Å². The molecule has 1 amide bonds. The van der Waals surface area contributed by atoms with Crippen LogP contribution in [0.4, 0.5) is 0 Å². The number of aryl methyl sites for hydroxylation is 1. The van der Waals surface area contributed by atoms with E-state index in [1.165, 1.54) is 5.56 Å². The Kier molecular flexibility index (Phi) is 5.56. The highest BCUT2D eigenvalue weighted by Crippen LogP contribution is 2.32. The molecule has 1 aliphatic rings. The normalized spacial score (nSPS) is 13.3. The summed E-state index contributed by atoms with van der Waals surface area (Å²) in [6.07, 6.45) is 8.12. The van der Waals surface area contributed by atoms with Crippen molar-refractivity contribution in [1.29, 1.82) is 0 Å². The van der Waals surface area contributed by atoms with E-state index in [-0.39, 0.29) is 11.8 Å². The summed E-state index contributed by atoms with van der Waals surface area (Å²) in [6.45, 7) is 7.66. The molecule has 152 valence electrons. The van der Waals surface area contributed by atoms with Crippen molar-refractivity contribution in [3.8, 4) is 11.5 Å². The van der Waals surface area contributed by atoms with Crippen molar-refractivity contribution < 1.29 is 4.79 Å². The van der Waals surface area contributed by atoms with Gasteiger partial charge in [-0.15, -0.1) is 0 Å². The molecule has 0 saturated carbocycles. The van der Waals surface area contributed by atoms with Crippen molar-refractivity contribution in [1.82, 2.24) is 19.2 Å². The van der Waals surface area contributed by atoms with Crippen molar-refractivity contribution in [2.24, 2.45) is 5.92 Å². The van der Waals surface area contributed by atoms with E-state index < -0.39 is 0 Å². The zero-order chi connectivity index (χ0) is 20.4. The van der Waals surface area contributed by atoms with E-state index in [1.54, 1.807) is 0 Å². The number of aromatic nitrogens is 3. The molecule has 0 atom stereocenters. The van der Waals surface area contributed by atoms with Crippen LogP contribution in [-0.2, 0) is 17.9 Å². The number of nitrogens with zero attached hydrogens (tertiary/aromatic N) is 4. The molecule has 1 aliphatic heterocycles. The molecule has 0 radical (unpaired) electrons. The topological polar surface area (TPSA) is 43.1 Å². The molecule has 0 spiro atoms. The summed E-state index contributed by atoms with van der Waals surface area (Å²) in [5.41, 5.74) is 4.43. The fraction of sp³-hybridized carbons (Fsp3) is 0.417. The molecular formula is C24H30N4O. The second-order valence-corrected chi connectivity index (χ2v) is 8.01. The molecule has 0 aliphatic carbocycles. The standard InChI is InChI=1S/C24H30N4O/c1-4-10-19(11-5-2)24(29)27-16-20-21(17-27)25-28(22-13-7-6-12-18(22)3)23(20)26-14-8-9-15-26/h6-9,12-15,19H,4-5,10-11,16-17H2,1-3H3. The van der Waals surface area contributed by atoms with Crippen molar-refractivity contribution in [3.63, 3.8) is 0 Å². The molecule has 3 heterocycles. The van der Waals surface area contributed by atoms with E-state index >= 15 is 0 Å². The lowest BCUT2D eigenvalue weighted by atomic mass is 9.97. The molecule has 4 rings (SSSR count). The number of amides is 1. The first kappa shape index (κ1) is 19.5. The van der Waals surface area contributed by atoms with E-state index in [4.69, 9.17) is 5.10 Å². The van der Waals surface area contributed by atoms with Crippen LogP contribution in [0.2, 0.25) is 0 Å². The third-order valence-corrected chi connectivity index (χ3v) is 5.86. The fourth-order valence-corrected chi connectivity index (χ4v) is 4.41. The predicted molar refractivity (Wildman–Crippen MR) is 115 cm³/mol. The minimum absolute atomic E-state index is 0.132. The van der Waals surface area contributed by atoms with Gasteiger partial charge >= 0.3 is 0 Å². The lowest BCUT2D eigenvalue weighted by molar-refractivity contribution is -0.136. The number of rotatable bonds is 7. The molecule has 1 aromatic carbocycles. The zero-order valence-corrected chi connectivity index (χ0v) is 17.6. The SMILES string of the molecule is CCCC(CCC)C(=O)N1Cc2nn(-c3ccccc3C)c(-n3cccc3)c2C1. The summed E-state index contributed by atoms with van der Waals surface area (Å²) in [4.78, 5) is 15.2. The van der Waals surface area contributed by atoms with Crippen molar-refractivity contribution in [2.75, 3.05) is 0 Å². The Labute approximate surface area is 173 Å². The first-order valence-corrected chi connectivity index (χ1v) is 10.7. The molecule has 5 nitrogen and oxygen atoms in total. The van der Waals surface area contributed by atoms with Crippen LogP contribution in [0, 0.1) is 12.8 Å². The van der Waals surface area contributed by atoms with Gasteiger partial charge in [0, 0.05) is 23.9 Å². The summed E-state index contributed by atoms with van der Waals surface area (Å²) < 4.78 is 4.15. The van der Waals surface area contributed by atoms with Gasteiger partial charge in [0.05, 0.1) is 24.5 Å². The lowest BCUT2D eigenvalue weighted by Crippen LogP contribution is -2.32. The van der Waals surface area contributed by atoms with Gasteiger partial charge in [0.2, 0.25) is 5.91 Å². The van der Waals surface area contributed by atoms with Crippen LogP contribution < -0.4 is 0 Å². The average Bonchev–Trinajstić information content (AvgIpc) is 3.43. The van der Waals surface area contributed by atoms with Gasteiger partial charge in [-0.2, -0.15) is 5.10 Å². The minimum atomic E-state index is 0.132. The summed E-state index contributed by atoms with van der Waals surface area (Å²) in [7, 11) is 0. The number of para-hydroxylation sites is 1. The number of carbonyl (C=O) groups is 1. The van der Waals surface area contributed by atoms with Crippen LogP contribution >= 0.6 is 0 Å². The molecule has 0 saturated heterocycles. The second-order valence-electron chi connectivity index (χ2n) is 8.01. The Morgan fingerprint density at radius 1 is 1.03 bits per heavy atom. The van der Waals surface area contributed by atoms with E-state index in [0.29, 0.717) is 13.1 Å². The fourth-order valence-electron chi connectivity index (χ4n) is 4.41. The molecule has 2 aromatic heterocycles. The minimum Gasteiger partial charge on any atom is -0.332 e. The summed E-state index contributed by atoms with van der Waals surface area (Å²) in [6, 6.07) is 12.4. The maximum absolute atomic E-state index is 13.2. The molecule has 0 N–H and O–H groups in total. The Morgan fingerprint density at radius 3 is 2.38 bits per heavy atom. The number of carbonyl (C=O) groups excluding carboxylic acids is 1. The van der Waals surface area contributed by atoms with Crippen molar-refractivity contribution in [3.05, 3.63) is 65.6 Å². The van der Waals surface area contributed by atoms with Gasteiger partial charge in [-0.05, 0) is 43.5 Å². The van der Waals surface area contributed by atoms with Crippen LogP contribution in [0.5, 0.6) is 0 Å². The molecule has 29 heavy (non-hydrogen) atoms. The van der Waals surface area contributed by atoms with Gasteiger partial charge in [-0.1, -0.05) is 44.9 Å². The Bertz CT molecular complexity index is 980. The van der Waals surface area contributed by atoms with Gasteiger partial charge in [0.25, 0.3) is 0 Å². The highest BCUT2D eigenvalue weighted by atomic mass is 16.2. The van der Waals surface area contributed by atoms with Crippen LogP contribution in [0.1, 0.15) is 56.4 Å². The quantitative estimate of drug-likeness (QED) is 0.568. The smallest absolute Gasteiger partial charge is 0.226 e. The summed E-state index contributed by atoms with van der Waals surface area (Å²) in [5.74, 6) is 1.46. The molecule has 0 fully saturated rings. The molecular weight excluding hydrogens is 360 g/mol. The van der Waals surface area contributed by atoms with Gasteiger partial charge in [0.1, 0.15) is 5.82 Å². The maximum atomic E-state index is 13.2. The van der Waals surface area contributed by atoms with E-state index in [1.807, 2.05) is 46.2 Å². The highest BCUT2D eigenvalue weighted by molar-refractivity contribution is 5.79. The monoisotopic (exact) mass is 390 g/mol. The predicted octanol–water partition coefficient (Wildman–Crippen LogP) is 5.03. The van der Waals surface area contributed by atoms with Gasteiger partial charge in [-0.3, -0.25) is 4.79 Å². The molecule has 0 unspecified atom stereocenters. The average molecular weight is 391 g/mol. The zero-order valence-electron chi connectivity index (χ0n) is 17.6. The highest BCUT2D eigenvalue weighted by Gasteiger charge is 2.33. The van der Waals surface area contributed by atoms with Gasteiger partial charge < -0.3 is 9.47 Å². The van der Waals surface area contributed by atoms with Gasteiger partial charge in [-0.25, -0.2) is 4.68 Å². The van der Waals surface area contributed by atoms with E-state index in [2.05, 4.69) is 37.5 Å². The number of hydrogen-bond donors (Lipinski definition) is 0. The maximum Gasteiger partial charge on any atom is 0.226 e. The van der Waals surface area contributed by atoms with Crippen LogP contribution in [0.25, 0.3) is 11.5 Å². The number of fused-ring (bicyclic) bond motifs is 1. The molecule has 5 heteroatoms. The summed E-state index contributed by atoms with van der Waals surface area (Å²) in [5, 5.41) is 4.96. The summed E-state index contributed by atoms with van der Waals surface area (Å²) >= 11 is 0. The Balaban J connectivity index is 1.70. The molecule has 0 bridgehead atoms. The number of benzene rings is 1. The first-order chi connectivity index (χ1) is 14.1. The van der Waals surface area contributed by atoms with Crippen LogP contribution in [0.3, 0.4) is 0 Å². The Morgan fingerprint density at radius 2 is 1.72 bits per heavy atom. The first-order valence-electron chi connectivity index (χ1n) is 10.7.